The lowest BCUT2D eigenvalue weighted by Gasteiger charge is -2.36. The summed E-state index contributed by atoms with van der Waals surface area (Å²) in [6.07, 6.45) is -0.0768. The third kappa shape index (κ3) is 11.1. The number of carbonyl (C=O) groups excluding carboxylic acids is 1. The lowest BCUT2D eigenvalue weighted by molar-refractivity contribution is -0.0724. The van der Waals surface area contributed by atoms with E-state index < -0.39 is 5.60 Å². The van der Waals surface area contributed by atoms with E-state index in [1.165, 1.54) is 5.56 Å². The first-order valence-corrected chi connectivity index (χ1v) is 9.37. The highest BCUT2D eigenvalue weighted by Crippen LogP contribution is 2.15. The molecule has 0 aromatic heterocycles. The second kappa shape index (κ2) is 12.7. The van der Waals surface area contributed by atoms with E-state index in [4.69, 9.17) is 14.2 Å². The molecule has 1 saturated heterocycles. The van der Waals surface area contributed by atoms with E-state index in [0.717, 1.165) is 0 Å². The summed E-state index contributed by atoms with van der Waals surface area (Å²) in [5, 5.41) is 0. The predicted octanol–water partition coefficient (Wildman–Crippen LogP) is 4.89. The Balaban J connectivity index is 0.000000484. The largest absolute Gasteiger partial charge is 0.444 e. The van der Waals surface area contributed by atoms with Crippen LogP contribution < -0.4 is 0 Å². The van der Waals surface area contributed by atoms with Crippen LogP contribution in [0.5, 0.6) is 0 Å². The molecule has 0 saturated carbocycles. The predicted molar refractivity (Wildman–Crippen MR) is 106 cm³/mol. The van der Waals surface area contributed by atoms with Crippen molar-refractivity contribution in [2.75, 3.05) is 20.2 Å². The number of hydrogen-bond donors (Lipinski definition) is 0. The van der Waals surface area contributed by atoms with Crippen LogP contribution in [-0.4, -0.2) is 49.0 Å². The van der Waals surface area contributed by atoms with Gasteiger partial charge in [0.1, 0.15) is 5.60 Å². The molecule has 150 valence electrons. The smallest absolute Gasteiger partial charge is 0.410 e. The third-order valence-corrected chi connectivity index (χ3v) is 3.23. The summed E-state index contributed by atoms with van der Waals surface area (Å²) < 4.78 is 15.8. The molecule has 26 heavy (non-hydrogen) atoms. The Bertz CT molecular complexity index is 475. The molecule has 0 radical (unpaired) electrons. The molecule has 2 unspecified atom stereocenters. The Kier molecular flexibility index (Phi) is 11.9. The van der Waals surface area contributed by atoms with Crippen LogP contribution in [0.3, 0.4) is 0 Å². The van der Waals surface area contributed by atoms with E-state index in [1.807, 2.05) is 78.8 Å². The van der Waals surface area contributed by atoms with Gasteiger partial charge in [0, 0.05) is 7.11 Å². The van der Waals surface area contributed by atoms with Gasteiger partial charge in [-0.2, -0.15) is 0 Å². The van der Waals surface area contributed by atoms with Crippen molar-refractivity contribution < 1.29 is 19.0 Å². The number of amides is 1. The second-order valence-electron chi connectivity index (χ2n) is 7.06. The molecule has 2 atom stereocenters. The van der Waals surface area contributed by atoms with Gasteiger partial charge in [-0.3, -0.25) is 0 Å². The third-order valence-electron chi connectivity index (χ3n) is 3.23. The van der Waals surface area contributed by atoms with Crippen LogP contribution in [0, 0.1) is 0 Å². The maximum atomic E-state index is 11.8. The van der Waals surface area contributed by atoms with Crippen LogP contribution in [-0.2, 0) is 20.8 Å². The minimum absolute atomic E-state index is 0.0845. The van der Waals surface area contributed by atoms with Crippen LogP contribution >= 0.6 is 0 Å². The van der Waals surface area contributed by atoms with Gasteiger partial charge < -0.3 is 19.1 Å². The minimum atomic E-state index is -0.429. The van der Waals surface area contributed by atoms with Crippen LogP contribution in [0.25, 0.3) is 0 Å². The second-order valence-corrected chi connectivity index (χ2v) is 7.06. The molecular formula is C21H37NO4. The monoisotopic (exact) mass is 367 g/mol. The number of morpholine rings is 1. The topological polar surface area (TPSA) is 48.0 Å². The van der Waals surface area contributed by atoms with Gasteiger partial charge in [-0.25, -0.2) is 4.79 Å². The highest BCUT2D eigenvalue weighted by atomic mass is 16.6. The van der Waals surface area contributed by atoms with Crippen molar-refractivity contribution >= 4 is 6.09 Å². The Morgan fingerprint density at radius 3 is 2.04 bits per heavy atom. The zero-order valence-electron chi connectivity index (χ0n) is 17.7. The molecule has 1 fully saturated rings. The summed E-state index contributed by atoms with van der Waals surface area (Å²) in [5.41, 5.74) is 0.794. The fourth-order valence-corrected chi connectivity index (χ4v) is 2.39. The van der Waals surface area contributed by atoms with E-state index in [9.17, 15) is 4.79 Å². The van der Waals surface area contributed by atoms with E-state index >= 15 is 0 Å². The summed E-state index contributed by atoms with van der Waals surface area (Å²) in [5.74, 6) is 0. The first-order chi connectivity index (χ1) is 12.2. The average Bonchev–Trinajstić information content (AvgIpc) is 2.56. The van der Waals surface area contributed by atoms with Gasteiger partial charge in [0.2, 0.25) is 0 Å². The molecule has 0 spiro atoms. The molecule has 1 aliphatic heterocycles. The molecule has 1 aliphatic rings. The quantitative estimate of drug-likeness (QED) is 0.747. The van der Waals surface area contributed by atoms with E-state index in [0.29, 0.717) is 19.7 Å². The lowest BCUT2D eigenvalue weighted by Crippen LogP contribution is -2.49. The lowest BCUT2D eigenvalue weighted by atomic mass is 10.2. The SMILES string of the molecule is CC.CC1CN(C(=O)OC(C)(C)C)CC(C)O1.COCc1ccccc1. The Labute approximate surface area is 159 Å². The minimum Gasteiger partial charge on any atom is -0.444 e. The fraction of sp³-hybridized carbons (Fsp3) is 0.667. The van der Waals surface area contributed by atoms with E-state index in [-0.39, 0.29) is 18.3 Å². The maximum absolute atomic E-state index is 11.8. The van der Waals surface area contributed by atoms with Gasteiger partial charge in [0.05, 0.1) is 31.9 Å². The fourth-order valence-electron chi connectivity index (χ4n) is 2.39. The van der Waals surface area contributed by atoms with Gasteiger partial charge in [-0.05, 0) is 40.2 Å². The van der Waals surface area contributed by atoms with Gasteiger partial charge >= 0.3 is 6.09 Å². The number of ether oxygens (including phenoxy) is 3. The molecule has 5 heteroatoms. The summed E-state index contributed by atoms with van der Waals surface area (Å²) in [6.45, 7) is 15.5. The van der Waals surface area contributed by atoms with Gasteiger partial charge in [0.25, 0.3) is 0 Å². The number of benzene rings is 1. The van der Waals surface area contributed by atoms with Gasteiger partial charge in [-0.15, -0.1) is 0 Å². The van der Waals surface area contributed by atoms with Crippen molar-refractivity contribution in [1.29, 1.82) is 0 Å². The van der Waals surface area contributed by atoms with Gasteiger partial charge in [-0.1, -0.05) is 44.2 Å². The highest BCUT2D eigenvalue weighted by Gasteiger charge is 2.29. The van der Waals surface area contributed by atoms with Crippen LogP contribution in [0.15, 0.2) is 30.3 Å². The molecule has 2 rings (SSSR count). The van der Waals surface area contributed by atoms with Gasteiger partial charge in [0.15, 0.2) is 0 Å². The summed E-state index contributed by atoms with van der Waals surface area (Å²) in [6, 6.07) is 10.1. The Morgan fingerprint density at radius 2 is 1.62 bits per heavy atom. The van der Waals surface area contributed by atoms with Crippen molar-refractivity contribution in [3.05, 3.63) is 35.9 Å². The van der Waals surface area contributed by atoms with Crippen molar-refractivity contribution in [2.24, 2.45) is 0 Å². The Morgan fingerprint density at radius 1 is 1.12 bits per heavy atom. The molecule has 0 bridgehead atoms. The number of methoxy groups -OCH3 is 1. The van der Waals surface area contributed by atoms with E-state index in [1.54, 1.807) is 12.0 Å². The van der Waals surface area contributed by atoms with Crippen LogP contribution in [0.2, 0.25) is 0 Å². The zero-order valence-corrected chi connectivity index (χ0v) is 17.7. The Hall–Kier alpha value is -1.59. The molecule has 1 aromatic carbocycles. The molecular weight excluding hydrogens is 330 g/mol. The summed E-state index contributed by atoms with van der Waals surface area (Å²) in [4.78, 5) is 13.5. The summed E-state index contributed by atoms with van der Waals surface area (Å²) in [7, 11) is 1.70. The van der Waals surface area contributed by atoms with E-state index in [2.05, 4.69) is 0 Å². The molecule has 1 amide bonds. The molecule has 5 nitrogen and oxygen atoms in total. The number of hydrogen-bond acceptors (Lipinski definition) is 4. The maximum Gasteiger partial charge on any atom is 0.410 e. The molecule has 1 heterocycles. The van der Waals surface area contributed by atoms with Crippen molar-refractivity contribution in [3.63, 3.8) is 0 Å². The standard InChI is InChI=1S/C11H21NO3.C8H10O.C2H6/c1-8-6-12(7-9(2)14-8)10(13)15-11(3,4)5;1-9-7-8-5-3-2-4-6-8;1-2/h8-9H,6-7H2,1-5H3;2-6H,7H2,1H3;1-2H3. The molecule has 1 aromatic rings. The van der Waals surface area contributed by atoms with Crippen molar-refractivity contribution in [3.8, 4) is 0 Å². The molecule has 0 N–H and O–H groups in total. The first-order valence-electron chi connectivity index (χ1n) is 9.37. The van der Waals surface area contributed by atoms with Crippen LogP contribution in [0.4, 0.5) is 4.79 Å². The zero-order chi connectivity index (χ0) is 20.2. The normalized spacial score (nSPS) is 19.5. The van der Waals surface area contributed by atoms with Crippen LogP contribution in [0.1, 0.15) is 54.0 Å². The van der Waals surface area contributed by atoms with Crippen molar-refractivity contribution in [1.82, 2.24) is 4.90 Å². The summed E-state index contributed by atoms with van der Waals surface area (Å²) >= 11 is 0. The highest BCUT2D eigenvalue weighted by molar-refractivity contribution is 5.68. The first kappa shape index (κ1) is 24.4. The number of nitrogens with zero attached hydrogens (tertiary/aromatic N) is 1. The molecule has 0 aliphatic carbocycles. The average molecular weight is 368 g/mol. The number of rotatable bonds is 2. The van der Waals surface area contributed by atoms with Crippen molar-refractivity contribution in [2.45, 2.75) is 72.9 Å². The number of carbonyl (C=O) groups is 1.